The molecular formula is C13H23BO4. The maximum Gasteiger partial charge on any atom is 0.487 e. The molecule has 0 N–H and O–H groups in total. The number of hydrogen-bond acceptors (Lipinski definition) is 4. The summed E-state index contributed by atoms with van der Waals surface area (Å²) in [5.74, 6) is 1.20. The third-order valence-electron chi connectivity index (χ3n) is 3.07. The van der Waals surface area contributed by atoms with Crippen LogP contribution >= 0.6 is 0 Å². The molecule has 0 aromatic heterocycles. The predicted octanol–water partition coefficient (Wildman–Crippen LogP) is 2.52. The smallest absolute Gasteiger partial charge is 0.457 e. The molecule has 0 atom stereocenters. The zero-order valence-electron chi connectivity index (χ0n) is 12.4. The summed E-state index contributed by atoms with van der Waals surface area (Å²) >= 11 is 0. The summed E-state index contributed by atoms with van der Waals surface area (Å²) < 4.78 is 16.6. The Labute approximate surface area is 110 Å². The largest absolute Gasteiger partial charge is 0.487 e. The van der Waals surface area contributed by atoms with Crippen LogP contribution in [0.25, 0.3) is 0 Å². The van der Waals surface area contributed by atoms with Crippen molar-refractivity contribution < 1.29 is 18.8 Å². The lowest BCUT2D eigenvalue weighted by Crippen LogP contribution is -2.41. The molecule has 1 fully saturated rings. The number of carbonyl (C=O) groups excluding carboxylic acids is 1. The molecule has 0 aromatic rings. The van der Waals surface area contributed by atoms with E-state index in [0.29, 0.717) is 0 Å². The summed E-state index contributed by atoms with van der Waals surface area (Å²) in [6, 6.07) is 0. The van der Waals surface area contributed by atoms with Crippen LogP contribution in [0, 0.1) is 0 Å². The van der Waals surface area contributed by atoms with Gasteiger partial charge in [0.15, 0.2) is 0 Å². The highest BCUT2D eigenvalue weighted by atomic mass is 16.7. The molecular weight excluding hydrogens is 231 g/mol. The number of esters is 1. The van der Waals surface area contributed by atoms with Gasteiger partial charge in [-0.2, -0.15) is 0 Å². The monoisotopic (exact) mass is 254 g/mol. The zero-order chi connectivity index (χ0) is 14.2. The van der Waals surface area contributed by atoms with E-state index in [1.807, 2.05) is 48.5 Å². The van der Waals surface area contributed by atoms with Crippen LogP contribution in [-0.4, -0.2) is 29.9 Å². The summed E-state index contributed by atoms with van der Waals surface area (Å²) in [4.78, 5) is 11.5. The van der Waals surface area contributed by atoms with Gasteiger partial charge >= 0.3 is 13.1 Å². The second kappa shape index (κ2) is 4.70. The van der Waals surface area contributed by atoms with E-state index in [9.17, 15) is 4.79 Å². The molecule has 18 heavy (non-hydrogen) atoms. The molecule has 0 radical (unpaired) electrons. The minimum atomic E-state index is -0.512. The van der Waals surface area contributed by atoms with Crippen LogP contribution in [0.5, 0.6) is 0 Å². The van der Waals surface area contributed by atoms with Gasteiger partial charge in [-0.1, -0.05) is 0 Å². The van der Waals surface area contributed by atoms with Gasteiger partial charge in [-0.3, -0.25) is 0 Å². The fraction of sp³-hybridized carbons (Fsp3) is 0.769. The average molecular weight is 254 g/mol. The molecule has 4 nitrogen and oxygen atoms in total. The molecule has 102 valence electrons. The van der Waals surface area contributed by atoms with Crippen LogP contribution < -0.4 is 0 Å². The van der Waals surface area contributed by atoms with Crippen molar-refractivity contribution in [1.82, 2.24) is 0 Å². The van der Waals surface area contributed by atoms with E-state index in [0.717, 1.165) is 0 Å². The van der Waals surface area contributed by atoms with Gasteiger partial charge in [0.05, 0.1) is 11.2 Å². The van der Waals surface area contributed by atoms with Gasteiger partial charge in [0, 0.05) is 6.08 Å². The van der Waals surface area contributed by atoms with Gasteiger partial charge in [-0.05, 0) is 54.4 Å². The van der Waals surface area contributed by atoms with Crippen molar-refractivity contribution in [2.75, 3.05) is 0 Å². The fourth-order valence-corrected chi connectivity index (χ4v) is 1.46. The first-order valence-electron chi connectivity index (χ1n) is 6.20. The average Bonchev–Trinajstić information content (AvgIpc) is 2.29. The Balaban J connectivity index is 2.58. The minimum absolute atomic E-state index is 0.391. The first kappa shape index (κ1) is 15.3. The summed E-state index contributed by atoms with van der Waals surface area (Å²) in [6.07, 6.45) is 1.35. The van der Waals surface area contributed by atoms with Gasteiger partial charge in [-0.25, -0.2) is 4.79 Å². The molecule has 1 aliphatic heterocycles. The Hall–Kier alpha value is -0.805. The second-order valence-electron chi connectivity index (χ2n) is 6.52. The number of hydrogen-bond donors (Lipinski definition) is 0. The van der Waals surface area contributed by atoms with E-state index in [4.69, 9.17) is 14.0 Å². The van der Waals surface area contributed by atoms with Gasteiger partial charge in [0.1, 0.15) is 5.60 Å². The van der Waals surface area contributed by atoms with Crippen molar-refractivity contribution in [1.29, 1.82) is 0 Å². The lowest BCUT2D eigenvalue weighted by molar-refractivity contribution is -0.148. The number of ether oxygens (including phenoxy) is 1. The lowest BCUT2D eigenvalue weighted by atomic mass is 9.90. The molecule has 0 spiro atoms. The first-order chi connectivity index (χ1) is 7.93. The van der Waals surface area contributed by atoms with Gasteiger partial charge in [0.2, 0.25) is 0 Å². The van der Waals surface area contributed by atoms with Crippen LogP contribution in [0.15, 0.2) is 12.1 Å². The lowest BCUT2D eigenvalue weighted by Gasteiger charge is -2.32. The molecule has 0 bridgehead atoms. The van der Waals surface area contributed by atoms with Crippen LogP contribution in [0.4, 0.5) is 0 Å². The maximum atomic E-state index is 11.5. The van der Waals surface area contributed by atoms with Gasteiger partial charge in [-0.15, -0.1) is 0 Å². The second-order valence-corrected chi connectivity index (χ2v) is 6.52. The first-order valence-corrected chi connectivity index (χ1v) is 6.20. The minimum Gasteiger partial charge on any atom is -0.457 e. The van der Waals surface area contributed by atoms with E-state index in [1.54, 1.807) is 5.98 Å². The van der Waals surface area contributed by atoms with E-state index >= 15 is 0 Å². The summed E-state index contributed by atoms with van der Waals surface area (Å²) in [7, 11) is -0.512. The van der Waals surface area contributed by atoms with Crippen LogP contribution in [0.1, 0.15) is 48.5 Å². The van der Waals surface area contributed by atoms with Gasteiger partial charge < -0.3 is 14.0 Å². The highest BCUT2D eigenvalue weighted by Crippen LogP contribution is 2.36. The molecule has 0 amide bonds. The highest BCUT2D eigenvalue weighted by Gasteiger charge is 2.50. The summed E-state index contributed by atoms with van der Waals surface area (Å²) in [6.45, 7) is 13.3. The van der Waals surface area contributed by atoms with Crippen LogP contribution in [0.2, 0.25) is 0 Å². The Morgan fingerprint density at radius 1 is 1.11 bits per heavy atom. The number of rotatable bonds is 2. The molecule has 1 rings (SSSR count). The third-order valence-corrected chi connectivity index (χ3v) is 3.07. The quantitative estimate of drug-likeness (QED) is 0.431. The fourth-order valence-electron chi connectivity index (χ4n) is 1.46. The molecule has 1 saturated heterocycles. The topological polar surface area (TPSA) is 44.8 Å². The van der Waals surface area contributed by atoms with Crippen molar-refractivity contribution in [3.63, 3.8) is 0 Å². The standard InChI is InChI=1S/C13H23BO4/c1-11(2,3)16-10(15)8-9-14-17-12(4,5)13(6,7)18-14/h8-9H,1-7H3. The Kier molecular flexibility index (Phi) is 3.99. The normalized spacial score (nSPS) is 22.5. The Bertz CT molecular complexity index is 336. The van der Waals surface area contributed by atoms with Crippen LogP contribution in [0.3, 0.4) is 0 Å². The summed E-state index contributed by atoms with van der Waals surface area (Å²) in [5, 5.41) is 0. The van der Waals surface area contributed by atoms with E-state index < -0.39 is 29.9 Å². The van der Waals surface area contributed by atoms with Crippen LogP contribution in [-0.2, 0) is 18.8 Å². The van der Waals surface area contributed by atoms with E-state index in [-0.39, 0.29) is 0 Å². The Morgan fingerprint density at radius 3 is 1.94 bits per heavy atom. The molecule has 0 unspecified atom stereocenters. The molecule has 0 saturated carbocycles. The summed E-state index contributed by atoms with van der Waals surface area (Å²) in [5.41, 5.74) is -1.27. The van der Waals surface area contributed by atoms with Crippen molar-refractivity contribution in [3.8, 4) is 0 Å². The molecule has 0 aromatic carbocycles. The van der Waals surface area contributed by atoms with Gasteiger partial charge in [0.25, 0.3) is 0 Å². The van der Waals surface area contributed by atoms with E-state index in [2.05, 4.69) is 0 Å². The third kappa shape index (κ3) is 3.85. The Morgan fingerprint density at radius 2 is 1.56 bits per heavy atom. The molecule has 1 heterocycles. The number of carbonyl (C=O) groups is 1. The maximum absolute atomic E-state index is 11.5. The molecule has 5 heteroatoms. The van der Waals surface area contributed by atoms with Crippen molar-refractivity contribution >= 4 is 13.1 Å². The predicted molar refractivity (Wildman–Crippen MR) is 71.1 cm³/mol. The molecule has 1 aliphatic rings. The van der Waals surface area contributed by atoms with Crippen molar-refractivity contribution in [2.45, 2.75) is 65.3 Å². The SMILES string of the molecule is CC(C)(C)OC(=O)C=CB1OC(C)(C)C(C)(C)O1. The highest BCUT2D eigenvalue weighted by molar-refractivity contribution is 6.52. The van der Waals surface area contributed by atoms with Crippen molar-refractivity contribution in [2.24, 2.45) is 0 Å². The van der Waals surface area contributed by atoms with E-state index in [1.165, 1.54) is 6.08 Å². The zero-order valence-corrected chi connectivity index (χ0v) is 12.4. The molecule has 0 aliphatic carbocycles. The van der Waals surface area contributed by atoms with Crippen molar-refractivity contribution in [3.05, 3.63) is 12.1 Å².